The van der Waals surface area contributed by atoms with Crippen LogP contribution < -0.4 is 10.1 Å². The smallest absolute Gasteiger partial charge is 0.307 e. The van der Waals surface area contributed by atoms with Crippen LogP contribution in [-0.2, 0) is 11.2 Å². The van der Waals surface area contributed by atoms with Gasteiger partial charge in [0.1, 0.15) is 11.5 Å². The molecule has 0 spiro atoms. The molecule has 0 saturated carbocycles. The Morgan fingerprint density at radius 2 is 1.71 bits per heavy atom. The van der Waals surface area contributed by atoms with Crippen LogP contribution in [0.25, 0.3) is 0 Å². The van der Waals surface area contributed by atoms with Crippen LogP contribution in [-0.4, -0.2) is 17.0 Å². The number of amides is 1. The lowest BCUT2D eigenvalue weighted by Crippen LogP contribution is -2.11. The van der Waals surface area contributed by atoms with Crippen LogP contribution in [0.2, 0.25) is 10.0 Å². The molecular formula is C21H15Cl2NO4. The summed E-state index contributed by atoms with van der Waals surface area (Å²) in [6, 6.07) is 18.3. The zero-order valence-electron chi connectivity index (χ0n) is 14.5. The van der Waals surface area contributed by atoms with E-state index in [4.69, 9.17) is 33.0 Å². The van der Waals surface area contributed by atoms with E-state index in [0.717, 1.165) is 0 Å². The summed E-state index contributed by atoms with van der Waals surface area (Å²) in [5.41, 5.74) is 1.64. The van der Waals surface area contributed by atoms with Crippen molar-refractivity contribution >= 4 is 40.8 Å². The van der Waals surface area contributed by atoms with E-state index < -0.39 is 5.97 Å². The molecule has 0 heterocycles. The van der Waals surface area contributed by atoms with E-state index in [1.165, 1.54) is 0 Å². The van der Waals surface area contributed by atoms with Gasteiger partial charge in [-0.2, -0.15) is 0 Å². The molecule has 0 unspecified atom stereocenters. The van der Waals surface area contributed by atoms with Crippen molar-refractivity contribution in [3.05, 3.63) is 87.9 Å². The molecule has 0 bridgehead atoms. The molecule has 142 valence electrons. The van der Waals surface area contributed by atoms with Gasteiger partial charge in [-0.25, -0.2) is 0 Å². The Morgan fingerprint density at radius 3 is 2.36 bits per heavy atom. The van der Waals surface area contributed by atoms with Crippen LogP contribution in [0.5, 0.6) is 11.5 Å². The summed E-state index contributed by atoms with van der Waals surface area (Å²) >= 11 is 12.1. The zero-order valence-corrected chi connectivity index (χ0v) is 16.0. The standard InChI is InChI=1S/C21H15Cl2NO4/c22-15-3-1-2-14(12-15)21(27)24-16-5-7-17(8-6-16)28-19-9-4-13(10-18(19)23)11-20(25)26/h1-10,12H,11H2,(H,24,27)(H,25,26). The molecule has 3 rings (SSSR count). The maximum Gasteiger partial charge on any atom is 0.307 e. The van der Waals surface area contributed by atoms with Gasteiger partial charge in [0.2, 0.25) is 0 Å². The minimum absolute atomic E-state index is 0.110. The quantitative estimate of drug-likeness (QED) is 0.543. The molecule has 0 atom stereocenters. The van der Waals surface area contributed by atoms with Gasteiger partial charge in [0.05, 0.1) is 11.4 Å². The molecule has 0 radical (unpaired) electrons. The molecule has 3 aromatic rings. The first-order valence-electron chi connectivity index (χ1n) is 8.26. The van der Waals surface area contributed by atoms with Crippen LogP contribution >= 0.6 is 23.2 Å². The van der Waals surface area contributed by atoms with Crippen molar-refractivity contribution in [3.8, 4) is 11.5 Å². The lowest BCUT2D eigenvalue weighted by molar-refractivity contribution is -0.136. The lowest BCUT2D eigenvalue weighted by atomic mass is 10.1. The first-order valence-corrected chi connectivity index (χ1v) is 9.01. The highest BCUT2D eigenvalue weighted by Gasteiger charge is 2.09. The Morgan fingerprint density at radius 1 is 0.964 bits per heavy atom. The van der Waals surface area contributed by atoms with Gasteiger partial charge in [-0.05, 0) is 60.2 Å². The second kappa shape index (κ2) is 8.78. The molecule has 0 saturated heterocycles. The van der Waals surface area contributed by atoms with Crippen molar-refractivity contribution in [1.29, 1.82) is 0 Å². The second-order valence-electron chi connectivity index (χ2n) is 5.93. The molecule has 0 fully saturated rings. The summed E-state index contributed by atoms with van der Waals surface area (Å²) in [6.07, 6.45) is -0.110. The molecule has 0 aromatic heterocycles. The van der Waals surface area contributed by atoms with Gasteiger partial charge in [-0.15, -0.1) is 0 Å². The topological polar surface area (TPSA) is 75.6 Å². The van der Waals surface area contributed by atoms with Gasteiger partial charge in [0.25, 0.3) is 5.91 Å². The predicted molar refractivity (Wildman–Crippen MR) is 109 cm³/mol. The predicted octanol–water partition coefficient (Wildman–Crippen LogP) is 5.67. The first-order chi connectivity index (χ1) is 13.4. The van der Waals surface area contributed by atoms with Crippen molar-refractivity contribution in [2.75, 3.05) is 5.32 Å². The van der Waals surface area contributed by atoms with Crippen molar-refractivity contribution in [2.45, 2.75) is 6.42 Å². The number of benzene rings is 3. The molecular weight excluding hydrogens is 401 g/mol. The molecule has 2 N–H and O–H groups in total. The Balaban J connectivity index is 1.66. The Labute approximate surface area is 171 Å². The van der Waals surface area contributed by atoms with Gasteiger partial charge in [0.15, 0.2) is 0 Å². The number of carboxylic acids is 1. The molecule has 0 aliphatic heterocycles. The summed E-state index contributed by atoms with van der Waals surface area (Å²) in [6.45, 7) is 0. The highest BCUT2D eigenvalue weighted by atomic mass is 35.5. The van der Waals surface area contributed by atoms with E-state index in [0.29, 0.717) is 38.4 Å². The molecule has 0 aliphatic rings. The summed E-state index contributed by atoms with van der Waals surface area (Å²) in [5, 5.41) is 12.4. The summed E-state index contributed by atoms with van der Waals surface area (Å²) < 4.78 is 5.72. The number of halogens is 2. The third kappa shape index (κ3) is 5.25. The van der Waals surface area contributed by atoms with Crippen LogP contribution in [0.4, 0.5) is 5.69 Å². The Bertz CT molecular complexity index is 1020. The number of hydrogen-bond acceptors (Lipinski definition) is 3. The van der Waals surface area contributed by atoms with Crippen LogP contribution in [0.15, 0.2) is 66.7 Å². The van der Waals surface area contributed by atoms with E-state index in [2.05, 4.69) is 5.32 Å². The fraction of sp³-hybridized carbons (Fsp3) is 0.0476. The van der Waals surface area contributed by atoms with Gasteiger partial charge in [-0.1, -0.05) is 35.3 Å². The van der Waals surface area contributed by atoms with Crippen molar-refractivity contribution in [2.24, 2.45) is 0 Å². The molecule has 7 heteroatoms. The van der Waals surface area contributed by atoms with Gasteiger partial charge in [-0.3, -0.25) is 9.59 Å². The molecule has 0 aliphatic carbocycles. The number of anilines is 1. The third-order valence-corrected chi connectivity index (χ3v) is 4.31. The molecule has 1 amide bonds. The number of nitrogens with one attached hydrogen (secondary N) is 1. The highest BCUT2D eigenvalue weighted by molar-refractivity contribution is 6.32. The number of carbonyl (C=O) groups excluding carboxylic acids is 1. The molecule has 3 aromatic carbocycles. The van der Waals surface area contributed by atoms with Gasteiger partial charge >= 0.3 is 5.97 Å². The van der Waals surface area contributed by atoms with Crippen molar-refractivity contribution in [3.63, 3.8) is 0 Å². The zero-order chi connectivity index (χ0) is 20.1. The van der Waals surface area contributed by atoms with E-state index in [-0.39, 0.29) is 12.3 Å². The van der Waals surface area contributed by atoms with Gasteiger partial charge < -0.3 is 15.2 Å². The van der Waals surface area contributed by atoms with E-state index in [1.807, 2.05) is 0 Å². The average Bonchev–Trinajstić information content (AvgIpc) is 2.65. The number of rotatable bonds is 6. The van der Waals surface area contributed by atoms with Crippen LogP contribution in [0, 0.1) is 0 Å². The lowest BCUT2D eigenvalue weighted by Gasteiger charge is -2.10. The van der Waals surface area contributed by atoms with Gasteiger partial charge in [0, 0.05) is 16.3 Å². The summed E-state index contributed by atoms with van der Waals surface area (Å²) in [4.78, 5) is 23.0. The maximum absolute atomic E-state index is 12.2. The minimum Gasteiger partial charge on any atom is -0.481 e. The average molecular weight is 416 g/mol. The Kier molecular flexibility index (Phi) is 6.19. The normalized spacial score (nSPS) is 10.4. The fourth-order valence-corrected chi connectivity index (χ4v) is 2.91. The van der Waals surface area contributed by atoms with E-state index in [1.54, 1.807) is 66.7 Å². The largest absolute Gasteiger partial charge is 0.481 e. The number of carbonyl (C=O) groups is 2. The number of aliphatic carboxylic acids is 1. The minimum atomic E-state index is -0.930. The molecule has 5 nitrogen and oxygen atoms in total. The van der Waals surface area contributed by atoms with E-state index in [9.17, 15) is 9.59 Å². The van der Waals surface area contributed by atoms with Crippen LogP contribution in [0.3, 0.4) is 0 Å². The van der Waals surface area contributed by atoms with Crippen LogP contribution in [0.1, 0.15) is 15.9 Å². The third-order valence-electron chi connectivity index (χ3n) is 3.78. The second-order valence-corrected chi connectivity index (χ2v) is 6.77. The van der Waals surface area contributed by atoms with Crippen molar-refractivity contribution in [1.82, 2.24) is 0 Å². The number of ether oxygens (including phenoxy) is 1. The van der Waals surface area contributed by atoms with Crippen molar-refractivity contribution < 1.29 is 19.4 Å². The summed E-state index contributed by atoms with van der Waals surface area (Å²) in [7, 11) is 0. The number of hydrogen-bond donors (Lipinski definition) is 2. The molecule has 28 heavy (non-hydrogen) atoms. The maximum atomic E-state index is 12.2. The SMILES string of the molecule is O=C(O)Cc1ccc(Oc2ccc(NC(=O)c3cccc(Cl)c3)cc2)c(Cl)c1. The Hall–Kier alpha value is -3.02. The number of carboxylic acid groups (broad SMARTS) is 1. The first kappa shape index (κ1) is 19.7. The fourth-order valence-electron chi connectivity index (χ4n) is 2.48. The monoisotopic (exact) mass is 415 g/mol. The summed E-state index contributed by atoms with van der Waals surface area (Å²) in [5.74, 6) is -0.270. The highest BCUT2D eigenvalue weighted by Crippen LogP contribution is 2.31. The van der Waals surface area contributed by atoms with E-state index >= 15 is 0 Å².